The average Bonchev–Trinajstić information content (AvgIpc) is 2.69. The number of carbonyl (C=O) groups is 1. The van der Waals surface area contributed by atoms with Crippen LogP contribution in [0.2, 0.25) is 0 Å². The summed E-state index contributed by atoms with van der Waals surface area (Å²) in [6.45, 7) is 1.46. The van der Waals surface area contributed by atoms with E-state index in [1.54, 1.807) is 6.07 Å². The lowest BCUT2D eigenvalue weighted by Crippen LogP contribution is -2.06. The molecular weight excluding hydrogens is 265 g/mol. The molecule has 1 atom stereocenters. The molecule has 6 heteroatoms. The number of carboxylic acid groups (broad SMARTS) is 1. The van der Waals surface area contributed by atoms with E-state index in [0.717, 1.165) is 17.4 Å². The van der Waals surface area contributed by atoms with Crippen LogP contribution in [0.3, 0.4) is 0 Å². The second-order valence-electron chi connectivity index (χ2n) is 3.92. The molecule has 0 spiro atoms. The van der Waals surface area contributed by atoms with E-state index in [4.69, 9.17) is 5.11 Å². The molecule has 1 N–H and O–H groups in total. The normalized spacial score (nSPS) is 13.8. The van der Waals surface area contributed by atoms with E-state index in [1.165, 1.54) is 19.1 Å². The molecule has 0 aliphatic rings. The molecule has 0 amide bonds. The van der Waals surface area contributed by atoms with Crippen molar-refractivity contribution < 1.29 is 23.1 Å². The molecule has 2 aromatic rings. The van der Waals surface area contributed by atoms with Crippen LogP contribution in [0.25, 0.3) is 10.1 Å². The van der Waals surface area contributed by atoms with Gasteiger partial charge in [-0.05, 0) is 25.1 Å². The number of rotatable bonds is 2. The molecule has 18 heavy (non-hydrogen) atoms. The van der Waals surface area contributed by atoms with Gasteiger partial charge in [0.15, 0.2) is 0 Å². The van der Waals surface area contributed by atoms with Crippen molar-refractivity contribution in [2.45, 2.75) is 19.0 Å². The molecule has 0 saturated heterocycles. The number of hydrogen-bond donors (Lipinski definition) is 1. The Balaban J connectivity index is 2.62. The Hall–Kier alpha value is -1.56. The predicted octanol–water partition coefficient (Wildman–Crippen LogP) is 4.11. The quantitative estimate of drug-likeness (QED) is 0.894. The minimum absolute atomic E-state index is 0.0677. The van der Waals surface area contributed by atoms with Gasteiger partial charge < -0.3 is 5.11 Å². The molecule has 0 bridgehead atoms. The lowest BCUT2D eigenvalue weighted by Gasteiger charge is -2.07. The van der Waals surface area contributed by atoms with E-state index < -0.39 is 23.6 Å². The average molecular weight is 274 g/mol. The zero-order chi connectivity index (χ0) is 13.5. The summed E-state index contributed by atoms with van der Waals surface area (Å²) in [6.07, 6.45) is -4.43. The van der Waals surface area contributed by atoms with Crippen molar-refractivity contribution in [2.75, 3.05) is 0 Å². The number of fused-ring (bicyclic) bond motifs is 1. The van der Waals surface area contributed by atoms with Crippen molar-refractivity contribution in [3.63, 3.8) is 0 Å². The van der Waals surface area contributed by atoms with Gasteiger partial charge in [0.1, 0.15) is 0 Å². The molecule has 0 radical (unpaired) electrons. The second-order valence-corrected chi connectivity index (χ2v) is 5.04. The van der Waals surface area contributed by atoms with Crippen LogP contribution in [0.5, 0.6) is 0 Å². The van der Waals surface area contributed by atoms with Gasteiger partial charge in [0, 0.05) is 15.0 Å². The number of aliphatic carboxylic acids is 1. The number of carboxylic acids is 1. The van der Waals surface area contributed by atoms with Gasteiger partial charge in [0.05, 0.1) is 11.5 Å². The highest BCUT2D eigenvalue weighted by atomic mass is 32.1. The van der Waals surface area contributed by atoms with Gasteiger partial charge in [-0.15, -0.1) is 11.3 Å². The summed E-state index contributed by atoms with van der Waals surface area (Å²) in [5.74, 6) is -1.85. The first-order valence-corrected chi connectivity index (χ1v) is 5.95. The molecule has 0 saturated carbocycles. The Labute approximate surface area is 105 Å². The first-order chi connectivity index (χ1) is 8.30. The minimum atomic E-state index is -4.43. The lowest BCUT2D eigenvalue weighted by atomic mass is 10.1. The summed E-state index contributed by atoms with van der Waals surface area (Å²) in [7, 11) is 0. The van der Waals surface area contributed by atoms with Crippen LogP contribution in [-0.4, -0.2) is 11.1 Å². The summed E-state index contributed by atoms with van der Waals surface area (Å²) in [4.78, 5) is 11.3. The highest BCUT2D eigenvalue weighted by molar-refractivity contribution is 7.19. The third-order valence-corrected chi connectivity index (χ3v) is 3.97. The molecule has 96 valence electrons. The fourth-order valence-corrected chi connectivity index (χ4v) is 2.80. The van der Waals surface area contributed by atoms with Crippen LogP contribution in [-0.2, 0) is 11.0 Å². The van der Waals surface area contributed by atoms with Crippen LogP contribution in [0, 0.1) is 0 Å². The molecule has 0 fully saturated rings. The van der Waals surface area contributed by atoms with Crippen LogP contribution in [0.1, 0.15) is 23.3 Å². The monoisotopic (exact) mass is 274 g/mol. The Kier molecular flexibility index (Phi) is 3.06. The number of halogens is 3. The first-order valence-electron chi connectivity index (χ1n) is 5.13. The van der Waals surface area contributed by atoms with Gasteiger partial charge >= 0.3 is 12.1 Å². The van der Waals surface area contributed by atoms with E-state index in [2.05, 4.69) is 0 Å². The Morgan fingerprint density at radius 3 is 2.61 bits per heavy atom. The number of thiophene rings is 1. The van der Waals surface area contributed by atoms with E-state index in [-0.39, 0.29) is 5.39 Å². The third kappa shape index (κ3) is 2.20. The van der Waals surface area contributed by atoms with Crippen molar-refractivity contribution in [1.29, 1.82) is 0 Å². The van der Waals surface area contributed by atoms with Crippen LogP contribution >= 0.6 is 11.3 Å². The standard InChI is InChI=1S/C12H9F3O2S/c1-6(11(16)17)10-5-7-8(12(13,14)15)3-2-4-9(7)18-10/h2-6H,1H3,(H,16,17). The fourth-order valence-electron chi connectivity index (χ4n) is 1.66. The zero-order valence-corrected chi connectivity index (χ0v) is 10.1. The van der Waals surface area contributed by atoms with Crippen LogP contribution < -0.4 is 0 Å². The van der Waals surface area contributed by atoms with Crippen molar-refractivity contribution in [3.8, 4) is 0 Å². The number of alkyl halides is 3. The molecule has 0 aliphatic carbocycles. The maximum absolute atomic E-state index is 12.8. The van der Waals surface area contributed by atoms with E-state index in [1.807, 2.05) is 0 Å². The summed E-state index contributed by atoms with van der Waals surface area (Å²) in [5.41, 5.74) is -0.722. The maximum Gasteiger partial charge on any atom is 0.417 e. The zero-order valence-electron chi connectivity index (χ0n) is 9.28. The molecule has 1 heterocycles. The van der Waals surface area contributed by atoms with Crippen molar-refractivity contribution in [1.82, 2.24) is 0 Å². The van der Waals surface area contributed by atoms with Gasteiger partial charge in [0.2, 0.25) is 0 Å². The predicted molar refractivity (Wildman–Crippen MR) is 62.9 cm³/mol. The summed E-state index contributed by atoms with van der Waals surface area (Å²) in [5, 5.41) is 8.94. The van der Waals surface area contributed by atoms with Gasteiger partial charge in [0.25, 0.3) is 0 Å². The Morgan fingerprint density at radius 1 is 1.39 bits per heavy atom. The number of hydrogen-bond acceptors (Lipinski definition) is 2. The molecule has 2 rings (SSSR count). The lowest BCUT2D eigenvalue weighted by molar-refractivity contribution is -0.138. The maximum atomic E-state index is 12.8. The highest BCUT2D eigenvalue weighted by Crippen LogP contribution is 2.39. The van der Waals surface area contributed by atoms with Crippen molar-refractivity contribution in [3.05, 3.63) is 34.7 Å². The SMILES string of the molecule is CC(C(=O)O)c1cc2c(C(F)(F)F)cccc2s1. The molecule has 1 aromatic heterocycles. The van der Waals surface area contributed by atoms with Crippen LogP contribution in [0.15, 0.2) is 24.3 Å². The smallest absolute Gasteiger partial charge is 0.417 e. The molecule has 0 aliphatic heterocycles. The van der Waals surface area contributed by atoms with Crippen molar-refractivity contribution in [2.24, 2.45) is 0 Å². The first kappa shape index (κ1) is 12.9. The van der Waals surface area contributed by atoms with E-state index >= 15 is 0 Å². The Bertz CT molecular complexity index is 601. The van der Waals surface area contributed by atoms with Crippen molar-refractivity contribution >= 4 is 27.4 Å². The molecule has 2 nitrogen and oxygen atoms in total. The molecule has 1 aromatic carbocycles. The summed E-state index contributed by atoms with van der Waals surface area (Å²) >= 11 is 1.08. The summed E-state index contributed by atoms with van der Waals surface area (Å²) in [6, 6.07) is 5.22. The van der Waals surface area contributed by atoms with E-state index in [9.17, 15) is 18.0 Å². The number of benzene rings is 1. The van der Waals surface area contributed by atoms with Gasteiger partial charge in [-0.1, -0.05) is 6.07 Å². The van der Waals surface area contributed by atoms with E-state index in [0.29, 0.717) is 9.58 Å². The van der Waals surface area contributed by atoms with Gasteiger partial charge in [-0.25, -0.2) is 0 Å². The second kappa shape index (κ2) is 4.28. The minimum Gasteiger partial charge on any atom is -0.481 e. The highest BCUT2D eigenvalue weighted by Gasteiger charge is 2.33. The molecule has 1 unspecified atom stereocenters. The largest absolute Gasteiger partial charge is 0.481 e. The third-order valence-electron chi connectivity index (χ3n) is 2.68. The summed E-state index contributed by atoms with van der Waals surface area (Å²) < 4.78 is 38.8. The fraction of sp³-hybridized carbons (Fsp3) is 0.250. The topological polar surface area (TPSA) is 37.3 Å². The van der Waals surface area contributed by atoms with Gasteiger partial charge in [-0.2, -0.15) is 13.2 Å². The van der Waals surface area contributed by atoms with Crippen LogP contribution in [0.4, 0.5) is 13.2 Å². The molecular formula is C12H9F3O2S. The Morgan fingerprint density at radius 2 is 2.06 bits per heavy atom. The van der Waals surface area contributed by atoms with Gasteiger partial charge in [-0.3, -0.25) is 4.79 Å².